The first-order valence-electron chi connectivity index (χ1n) is 11.2. The highest BCUT2D eigenvalue weighted by Gasteiger charge is 2.51. The number of primary amides is 1. The second kappa shape index (κ2) is 9.02. The summed E-state index contributed by atoms with van der Waals surface area (Å²) >= 11 is 0. The summed E-state index contributed by atoms with van der Waals surface area (Å²) in [5.41, 5.74) is 5.81. The number of aryl methyl sites for hydroxylation is 1. The molecule has 2 aromatic carbocycles. The number of aromatic nitrogens is 1. The van der Waals surface area contributed by atoms with Gasteiger partial charge in [0.15, 0.2) is 5.60 Å². The summed E-state index contributed by atoms with van der Waals surface area (Å²) < 4.78 is 25.1. The van der Waals surface area contributed by atoms with Gasteiger partial charge in [0.2, 0.25) is 0 Å². The first-order chi connectivity index (χ1) is 16.2. The second-order valence-electron chi connectivity index (χ2n) is 9.01. The molecule has 0 bridgehead atoms. The highest BCUT2D eigenvalue weighted by atomic mass is 19.1. The molecule has 1 fully saturated rings. The van der Waals surface area contributed by atoms with Gasteiger partial charge in [0.1, 0.15) is 22.8 Å². The van der Waals surface area contributed by atoms with Gasteiger partial charge in [0.25, 0.3) is 5.91 Å². The molecule has 1 aliphatic carbocycles. The minimum atomic E-state index is -1.48. The minimum absolute atomic E-state index is 0.168. The van der Waals surface area contributed by atoms with Crippen molar-refractivity contribution in [3.05, 3.63) is 77.3 Å². The maximum atomic E-state index is 14.0. The van der Waals surface area contributed by atoms with Crippen molar-refractivity contribution in [2.45, 2.75) is 43.7 Å². The minimum Gasteiger partial charge on any atom is -0.445 e. The number of rotatable bonds is 6. The van der Waals surface area contributed by atoms with Gasteiger partial charge in [-0.2, -0.15) is 0 Å². The Bertz CT molecular complexity index is 1200. The lowest BCUT2D eigenvalue weighted by Gasteiger charge is -2.48. The zero-order chi connectivity index (χ0) is 24.5. The average Bonchev–Trinajstić information content (AvgIpc) is 3.21. The van der Waals surface area contributed by atoms with E-state index in [1.54, 1.807) is 13.0 Å². The number of benzene rings is 2. The molecule has 0 aliphatic heterocycles. The maximum Gasteiger partial charge on any atom is 0.345 e. The van der Waals surface area contributed by atoms with Crippen LogP contribution in [0, 0.1) is 12.7 Å². The summed E-state index contributed by atoms with van der Waals surface area (Å²) in [6, 6.07) is 15.6. The van der Waals surface area contributed by atoms with E-state index in [-0.39, 0.29) is 24.2 Å². The number of esters is 1. The molecule has 0 spiro atoms. The molecule has 2 N–H and O–H groups in total. The summed E-state index contributed by atoms with van der Waals surface area (Å²) in [6.45, 7) is 1.62. The first kappa shape index (κ1) is 23.6. The fourth-order valence-corrected chi connectivity index (χ4v) is 4.87. The summed E-state index contributed by atoms with van der Waals surface area (Å²) in [5.74, 6) is -1.45. The van der Waals surface area contributed by atoms with Crippen LogP contribution in [0.25, 0.3) is 11.3 Å². The fraction of sp³-hybridized carbons (Fsp3) is 0.346. The van der Waals surface area contributed by atoms with E-state index in [0.29, 0.717) is 29.9 Å². The molecule has 1 aromatic heterocycles. The van der Waals surface area contributed by atoms with E-state index in [1.165, 1.54) is 12.1 Å². The lowest BCUT2D eigenvalue weighted by atomic mass is 9.69. The number of carbonyl (C=O) groups excluding carboxylic acids is 2. The number of hydrogen-bond donors (Lipinski definition) is 1. The van der Waals surface area contributed by atoms with E-state index in [4.69, 9.17) is 15.0 Å². The van der Waals surface area contributed by atoms with E-state index in [9.17, 15) is 14.0 Å². The molecule has 4 rings (SSSR count). The lowest BCUT2D eigenvalue weighted by molar-refractivity contribution is -0.144. The summed E-state index contributed by atoms with van der Waals surface area (Å²) in [4.78, 5) is 28.0. The number of amides is 1. The normalized spacial score (nSPS) is 22.5. The van der Waals surface area contributed by atoms with Crippen molar-refractivity contribution in [3.63, 3.8) is 0 Å². The van der Waals surface area contributed by atoms with Crippen LogP contribution in [0.1, 0.15) is 47.4 Å². The Hall–Kier alpha value is -3.52. The van der Waals surface area contributed by atoms with E-state index in [2.05, 4.69) is 5.16 Å². The van der Waals surface area contributed by atoms with Gasteiger partial charge >= 0.3 is 5.97 Å². The topological polar surface area (TPSA) is 98.7 Å². The Labute approximate surface area is 197 Å². The van der Waals surface area contributed by atoms with Crippen LogP contribution >= 0.6 is 0 Å². The molecular formula is C26H28FN3O4. The van der Waals surface area contributed by atoms with Crippen LogP contribution in [0.5, 0.6) is 0 Å². The number of hydrogen-bond acceptors (Lipinski definition) is 6. The standard InChI is InChI=1S/C26H28FN3O4/c1-17-21(22(29-34-17)18-8-5-4-6-9-18)23(31)33-26(24(28)32)14-12-25(13-15-26,30(2)3)19-10-7-11-20(27)16-19/h4-11,16H,12-15H2,1-3H3,(H2,28,32). The van der Waals surface area contributed by atoms with Crippen molar-refractivity contribution < 1.29 is 23.2 Å². The van der Waals surface area contributed by atoms with Gasteiger partial charge in [-0.05, 0) is 64.4 Å². The molecule has 178 valence electrons. The molecule has 0 atom stereocenters. The van der Waals surface area contributed by atoms with Gasteiger partial charge in [-0.1, -0.05) is 47.6 Å². The molecule has 1 aliphatic rings. The summed E-state index contributed by atoms with van der Waals surface area (Å²) in [6.07, 6.45) is 1.31. The number of carbonyl (C=O) groups is 2. The van der Waals surface area contributed by atoms with Gasteiger partial charge < -0.3 is 15.0 Å². The Morgan fingerprint density at radius 2 is 1.74 bits per heavy atom. The quantitative estimate of drug-likeness (QED) is 0.548. The van der Waals surface area contributed by atoms with Gasteiger partial charge in [-0.3, -0.25) is 9.69 Å². The van der Waals surface area contributed by atoms with Crippen LogP contribution < -0.4 is 5.73 Å². The molecule has 8 heteroatoms. The summed E-state index contributed by atoms with van der Waals surface area (Å²) in [5, 5.41) is 4.03. The van der Waals surface area contributed by atoms with Crippen LogP contribution in [0.3, 0.4) is 0 Å². The third-order valence-electron chi connectivity index (χ3n) is 6.95. The monoisotopic (exact) mass is 465 g/mol. The van der Waals surface area contributed by atoms with Crippen molar-refractivity contribution in [2.75, 3.05) is 14.1 Å². The van der Waals surface area contributed by atoms with Crippen LogP contribution in [-0.4, -0.2) is 41.6 Å². The molecule has 7 nitrogen and oxygen atoms in total. The Morgan fingerprint density at radius 3 is 2.32 bits per heavy atom. The van der Waals surface area contributed by atoms with Crippen molar-refractivity contribution in [1.82, 2.24) is 10.1 Å². The predicted octanol–water partition coefficient (Wildman–Crippen LogP) is 4.20. The Morgan fingerprint density at radius 1 is 1.06 bits per heavy atom. The van der Waals surface area contributed by atoms with Gasteiger partial charge in [0.05, 0.1) is 0 Å². The fourth-order valence-electron chi connectivity index (χ4n) is 4.87. The van der Waals surface area contributed by atoms with Gasteiger partial charge in [-0.15, -0.1) is 0 Å². The number of ether oxygens (including phenoxy) is 1. The van der Waals surface area contributed by atoms with Crippen molar-refractivity contribution in [2.24, 2.45) is 5.73 Å². The summed E-state index contributed by atoms with van der Waals surface area (Å²) in [7, 11) is 3.83. The van der Waals surface area contributed by atoms with Crippen LogP contribution in [-0.2, 0) is 15.1 Å². The largest absolute Gasteiger partial charge is 0.445 e. The van der Waals surface area contributed by atoms with Crippen LogP contribution in [0.15, 0.2) is 59.1 Å². The van der Waals surface area contributed by atoms with E-state index in [0.717, 1.165) is 5.56 Å². The highest BCUT2D eigenvalue weighted by Crippen LogP contribution is 2.46. The first-order valence-corrected chi connectivity index (χ1v) is 11.2. The molecule has 1 saturated carbocycles. The smallest absolute Gasteiger partial charge is 0.345 e. The lowest BCUT2D eigenvalue weighted by Crippen LogP contribution is -2.55. The average molecular weight is 466 g/mol. The van der Waals surface area contributed by atoms with Crippen molar-refractivity contribution in [1.29, 1.82) is 0 Å². The van der Waals surface area contributed by atoms with Crippen LogP contribution in [0.2, 0.25) is 0 Å². The van der Waals surface area contributed by atoms with E-state index >= 15 is 0 Å². The molecule has 1 amide bonds. The molecular weight excluding hydrogens is 437 g/mol. The Kier molecular flexibility index (Phi) is 6.27. The van der Waals surface area contributed by atoms with Crippen molar-refractivity contribution >= 4 is 11.9 Å². The molecule has 1 heterocycles. The van der Waals surface area contributed by atoms with E-state index in [1.807, 2.05) is 55.4 Å². The predicted molar refractivity (Wildman–Crippen MR) is 124 cm³/mol. The Balaban J connectivity index is 1.63. The van der Waals surface area contributed by atoms with Crippen molar-refractivity contribution in [3.8, 4) is 11.3 Å². The third-order valence-corrected chi connectivity index (χ3v) is 6.95. The zero-order valence-corrected chi connectivity index (χ0v) is 19.5. The van der Waals surface area contributed by atoms with E-state index < -0.39 is 23.0 Å². The molecule has 0 saturated heterocycles. The highest BCUT2D eigenvalue weighted by molar-refractivity contribution is 5.99. The SMILES string of the molecule is Cc1onc(-c2ccccc2)c1C(=O)OC1(C(N)=O)CCC(c2cccc(F)c2)(N(C)C)CC1. The maximum absolute atomic E-state index is 14.0. The number of halogens is 1. The number of nitrogens with zero attached hydrogens (tertiary/aromatic N) is 2. The third kappa shape index (κ3) is 4.09. The number of nitrogens with two attached hydrogens (primary N) is 1. The molecule has 34 heavy (non-hydrogen) atoms. The molecule has 0 unspecified atom stereocenters. The van der Waals surface area contributed by atoms with Gasteiger partial charge in [-0.25, -0.2) is 9.18 Å². The molecule has 3 aromatic rings. The van der Waals surface area contributed by atoms with Gasteiger partial charge in [0, 0.05) is 11.1 Å². The second-order valence-corrected chi connectivity index (χ2v) is 9.01. The van der Waals surface area contributed by atoms with Crippen LogP contribution in [0.4, 0.5) is 4.39 Å². The zero-order valence-electron chi connectivity index (χ0n) is 19.5. The molecule has 0 radical (unpaired) electrons.